The summed E-state index contributed by atoms with van der Waals surface area (Å²) >= 11 is 0. The van der Waals surface area contributed by atoms with Crippen LogP contribution in [0.3, 0.4) is 0 Å². The van der Waals surface area contributed by atoms with Crippen molar-refractivity contribution >= 4 is 0 Å². The van der Waals surface area contributed by atoms with Gasteiger partial charge in [0.15, 0.2) is 0 Å². The van der Waals surface area contributed by atoms with Crippen LogP contribution in [0.5, 0.6) is 0 Å². The van der Waals surface area contributed by atoms with Crippen molar-refractivity contribution in [1.29, 1.82) is 0 Å². The molecule has 32 heavy (non-hydrogen) atoms. The predicted molar refractivity (Wildman–Crippen MR) is 116 cm³/mol. The third-order valence-electron chi connectivity index (χ3n) is 3.99. The van der Waals surface area contributed by atoms with Crippen molar-refractivity contribution < 1.29 is 52.5 Å². The van der Waals surface area contributed by atoms with Crippen molar-refractivity contribution in [3.05, 3.63) is 0 Å². The maximum atomic E-state index is 10.3. The molecule has 0 aliphatic heterocycles. The summed E-state index contributed by atoms with van der Waals surface area (Å²) < 4.78 is 53.5. The van der Waals surface area contributed by atoms with E-state index in [0.29, 0.717) is 79.3 Å². The fourth-order valence-corrected chi connectivity index (χ4v) is 2.26. The number of hydrogen-bond donors (Lipinski definition) is 1. The predicted octanol–water partition coefficient (Wildman–Crippen LogP) is -0.230. The van der Waals surface area contributed by atoms with Crippen LogP contribution in [-0.4, -0.2) is 144 Å². The quantitative estimate of drug-likeness (QED) is 0.168. The Morgan fingerprint density at radius 1 is 0.438 bits per heavy atom. The van der Waals surface area contributed by atoms with Gasteiger partial charge < -0.3 is 52.5 Å². The van der Waals surface area contributed by atoms with Gasteiger partial charge in [0, 0.05) is 28.4 Å². The van der Waals surface area contributed by atoms with E-state index >= 15 is 0 Å². The van der Waals surface area contributed by atoms with Crippen LogP contribution in [-0.2, 0) is 47.4 Å². The molecule has 0 spiro atoms. The lowest BCUT2D eigenvalue weighted by Gasteiger charge is -2.22. The molecule has 1 N–H and O–H groups in total. The van der Waals surface area contributed by atoms with Crippen LogP contribution in [0.4, 0.5) is 0 Å². The molecular formula is C21H44O11. The molecule has 11 nitrogen and oxygen atoms in total. The van der Waals surface area contributed by atoms with Crippen LogP contribution in [0.1, 0.15) is 0 Å². The molecule has 0 aliphatic rings. The van der Waals surface area contributed by atoms with E-state index in [-0.39, 0.29) is 25.4 Å². The largest absolute Gasteiger partial charge is 0.388 e. The number of hydrogen-bond acceptors (Lipinski definition) is 11. The van der Waals surface area contributed by atoms with Gasteiger partial charge in [0.1, 0.15) is 18.3 Å². The third kappa shape index (κ3) is 21.4. The monoisotopic (exact) mass is 472 g/mol. The smallest absolute Gasteiger partial charge is 0.104 e. The summed E-state index contributed by atoms with van der Waals surface area (Å²) in [4.78, 5) is 0. The molecule has 0 aromatic heterocycles. The van der Waals surface area contributed by atoms with Gasteiger partial charge >= 0.3 is 0 Å². The minimum absolute atomic E-state index is 0.0771. The molecule has 0 atom stereocenters. The molecule has 0 aliphatic carbocycles. The summed E-state index contributed by atoms with van der Waals surface area (Å²) in [7, 11) is 6.44. The van der Waals surface area contributed by atoms with Gasteiger partial charge in [-0.05, 0) is 0 Å². The van der Waals surface area contributed by atoms with Crippen molar-refractivity contribution in [3.63, 3.8) is 0 Å². The highest BCUT2D eigenvalue weighted by atomic mass is 16.6. The van der Waals surface area contributed by atoms with Crippen LogP contribution in [0.15, 0.2) is 0 Å². The minimum Gasteiger partial charge on any atom is -0.388 e. The number of rotatable bonds is 26. The number of methoxy groups -OCH3 is 4. The molecule has 11 heteroatoms. The van der Waals surface area contributed by atoms with Crippen molar-refractivity contribution in [2.24, 2.45) is 0 Å². The Labute approximate surface area is 192 Å². The molecule has 0 aromatic carbocycles. The van der Waals surface area contributed by atoms with E-state index in [1.165, 1.54) is 0 Å². The molecule has 0 radical (unpaired) electrons. The molecule has 0 bridgehead atoms. The topological polar surface area (TPSA) is 113 Å². The third-order valence-corrected chi connectivity index (χ3v) is 3.99. The van der Waals surface area contributed by atoms with Crippen LogP contribution in [0, 0.1) is 0 Å². The van der Waals surface area contributed by atoms with Crippen molar-refractivity contribution in [2.75, 3.05) is 121 Å². The van der Waals surface area contributed by atoms with Gasteiger partial charge in [0.2, 0.25) is 0 Å². The van der Waals surface area contributed by atoms with E-state index < -0.39 is 6.10 Å². The van der Waals surface area contributed by atoms with Gasteiger partial charge in [0.25, 0.3) is 0 Å². The first-order valence-electron chi connectivity index (χ1n) is 10.9. The van der Waals surface area contributed by atoms with E-state index in [1.807, 2.05) is 0 Å². The molecule has 0 saturated heterocycles. The van der Waals surface area contributed by atoms with E-state index in [4.69, 9.17) is 47.4 Å². The Morgan fingerprint density at radius 3 is 0.969 bits per heavy atom. The average molecular weight is 473 g/mol. The zero-order valence-electron chi connectivity index (χ0n) is 20.2. The Balaban J connectivity index is 4.31. The molecule has 0 aromatic rings. The second kappa shape index (κ2) is 25.2. The number of ether oxygens (including phenoxy) is 10. The summed E-state index contributed by atoms with van der Waals surface area (Å²) in [6, 6.07) is 0. The number of aliphatic hydroxyl groups excluding tert-OH is 1. The zero-order chi connectivity index (χ0) is 23.7. The molecule has 0 saturated carbocycles. The van der Waals surface area contributed by atoms with Gasteiger partial charge in [0.05, 0.1) is 92.5 Å². The fourth-order valence-electron chi connectivity index (χ4n) is 2.26. The van der Waals surface area contributed by atoms with Crippen LogP contribution < -0.4 is 0 Å². The van der Waals surface area contributed by atoms with Gasteiger partial charge in [-0.3, -0.25) is 0 Å². The molecular weight excluding hydrogens is 428 g/mol. The second-order valence-electron chi connectivity index (χ2n) is 6.84. The highest BCUT2D eigenvalue weighted by molar-refractivity contribution is 4.62. The maximum absolute atomic E-state index is 10.3. The summed E-state index contributed by atoms with van der Waals surface area (Å²) in [6.07, 6.45) is -1.48. The summed E-state index contributed by atoms with van der Waals surface area (Å²) in [5.41, 5.74) is 0. The standard InChI is InChI=1S/C21H44O11/c1-23-5-9-27-15-20(16-28-10-6-24-2)31-13-19(22)14-32-21(17-29-11-7-25-3)18-30-12-8-26-4/h19-22H,5-18H2,1-4H3. The summed E-state index contributed by atoms with van der Waals surface area (Å²) in [5, 5.41) is 10.3. The summed E-state index contributed by atoms with van der Waals surface area (Å²) in [5.74, 6) is 0. The Hall–Kier alpha value is -0.440. The molecule has 0 amide bonds. The normalized spacial score (nSPS) is 12.0. The van der Waals surface area contributed by atoms with Crippen LogP contribution >= 0.6 is 0 Å². The van der Waals surface area contributed by atoms with E-state index in [0.717, 1.165) is 0 Å². The molecule has 0 rings (SSSR count). The van der Waals surface area contributed by atoms with Crippen LogP contribution in [0.25, 0.3) is 0 Å². The molecule has 0 heterocycles. The van der Waals surface area contributed by atoms with Crippen molar-refractivity contribution in [1.82, 2.24) is 0 Å². The van der Waals surface area contributed by atoms with E-state index in [1.54, 1.807) is 28.4 Å². The fraction of sp³-hybridized carbons (Fsp3) is 1.00. The van der Waals surface area contributed by atoms with Gasteiger partial charge in [-0.1, -0.05) is 0 Å². The summed E-state index contributed by atoms with van der Waals surface area (Å²) in [6.45, 7) is 5.25. The molecule has 194 valence electrons. The first-order chi connectivity index (χ1) is 15.7. The molecule has 0 fully saturated rings. The van der Waals surface area contributed by atoms with Gasteiger partial charge in [-0.25, -0.2) is 0 Å². The first kappa shape index (κ1) is 31.6. The zero-order valence-corrected chi connectivity index (χ0v) is 20.2. The lowest BCUT2D eigenvalue weighted by molar-refractivity contribution is -0.119. The first-order valence-corrected chi connectivity index (χ1v) is 10.9. The van der Waals surface area contributed by atoms with E-state index in [2.05, 4.69) is 0 Å². The van der Waals surface area contributed by atoms with Gasteiger partial charge in [-0.2, -0.15) is 0 Å². The lowest BCUT2D eigenvalue weighted by Crippen LogP contribution is -2.34. The van der Waals surface area contributed by atoms with E-state index in [9.17, 15) is 5.11 Å². The number of aliphatic hydroxyl groups is 1. The van der Waals surface area contributed by atoms with Crippen molar-refractivity contribution in [2.45, 2.75) is 18.3 Å². The Bertz CT molecular complexity index is 307. The average Bonchev–Trinajstić information content (AvgIpc) is 2.80. The van der Waals surface area contributed by atoms with Crippen molar-refractivity contribution in [3.8, 4) is 0 Å². The second-order valence-corrected chi connectivity index (χ2v) is 6.84. The highest BCUT2D eigenvalue weighted by Crippen LogP contribution is 2.02. The Morgan fingerprint density at radius 2 is 0.719 bits per heavy atom. The Kier molecular flexibility index (Phi) is 24.8. The lowest BCUT2D eigenvalue weighted by atomic mass is 10.3. The maximum Gasteiger partial charge on any atom is 0.104 e. The molecule has 0 unspecified atom stereocenters. The minimum atomic E-state index is -0.823. The van der Waals surface area contributed by atoms with Gasteiger partial charge in [-0.15, -0.1) is 0 Å². The van der Waals surface area contributed by atoms with Crippen LogP contribution in [0.2, 0.25) is 0 Å². The SMILES string of the molecule is COCCOCC(COCCOC)OCC(O)COC(COCCOC)COCCOC. The highest BCUT2D eigenvalue weighted by Gasteiger charge is 2.16.